The highest BCUT2D eigenvalue weighted by Gasteiger charge is 2.32. The van der Waals surface area contributed by atoms with Crippen LogP contribution in [0.15, 0.2) is 27.6 Å². The van der Waals surface area contributed by atoms with Crippen LogP contribution in [0.4, 0.5) is 0 Å². The van der Waals surface area contributed by atoms with Gasteiger partial charge in [0.25, 0.3) is 0 Å². The molecule has 0 bridgehead atoms. The minimum absolute atomic E-state index is 0.257. The Balaban J connectivity index is 2.34. The number of hydrogen-bond acceptors (Lipinski definition) is 3. The molecule has 0 amide bonds. The van der Waals surface area contributed by atoms with Gasteiger partial charge in [-0.25, -0.2) is 8.42 Å². The third-order valence-electron chi connectivity index (χ3n) is 3.33. The Labute approximate surface area is 117 Å². The lowest BCUT2D eigenvalue weighted by atomic mass is 10.2. The first-order chi connectivity index (χ1) is 8.45. The molecule has 1 heterocycles. The van der Waals surface area contributed by atoms with E-state index in [2.05, 4.69) is 21.2 Å². The molecule has 0 saturated carbocycles. The van der Waals surface area contributed by atoms with Gasteiger partial charge in [-0.2, -0.15) is 4.31 Å². The fourth-order valence-electron chi connectivity index (χ4n) is 2.17. The number of nitrogens with one attached hydrogen (secondary N) is 1. The van der Waals surface area contributed by atoms with Crippen molar-refractivity contribution in [1.29, 1.82) is 0 Å². The summed E-state index contributed by atoms with van der Waals surface area (Å²) in [5.41, 5.74) is 0.783. The van der Waals surface area contributed by atoms with Crippen molar-refractivity contribution in [3.05, 3.63) is 28.2 Å². The van der Waals surface area contributed by atoms with Gasteiger partial charge in [-0.3, -0.25) is 0 Å². The van der Waals surface area contributed by atoms with Crippen molar-refractivity contribution in [2.75, 3.05) is 20.1 Å². The summed E-state index contributed by atoms with van der Waals surface area (Å²) < 4.78 is 27.4. The molecule has 18 heavy (non-hydrogen) atoms. The van der Waals surface area contributed by atoms with Gasteiger partial charge >= 0.3 is 0 Å². The van der Waals surface area contributed by atoms with E-state index in [1.165, 1.54) is 0 Å². The molecule has 1 aliphatic heterocycles. The molecular formula is C12H17BrN2O2S. The van der Waals surface area contributed by atoms with Crippen molar-refractivity contribution in [3.8, 4) is 0 Å². The SMILES string of the molecule is CNC1CCN(S(=O)(=O)c2cc(Br)ccc2C)C1. The highest BCUT2D eigenvalue weighted by atomic mass is 79.9. The molecule has 1 aromatic rings. The third kappa shape index (κ3) is 2.61. The maximum atomic E-state index is 12.5. The average molecular weight is 333 g/mol. The topological polar surface area (TPSA) is 49.4 Å². The van der Waals surface area contributed by atoms with E-state index in [0.717, 1.165) is 16.5 Å². The van der Waals surface area contributed by atoms with Crippen LogP contribution in [-0.4, -0.2) is 38.9 Å². The largest absolute Gasteiger partial charge is 0.316 e. The Morgan fingerprint density at radius 1 is 1.44 bits per heavy atom. The molecule has 1 aromatic carbocycles. The van der Waals surface area contributed by atoms with Crippen molar-refractivity contribution in [3.63, 3.8) is 0 Å². The molecule has 1 unspecified atom stereocenters. The van der Waals surface area contributed by atoms with Gasteiger partial charge in [-0.05, 0) is 38.1 Å². The van der Waals surface area contributed by atoms with E-state index in [1.807, 2.05) is 26.1 Å². The van der Waals surface area contributed by atoms with Gasteiger partial charge in [0, 0.05) is 23.6 Å². The van der Waals surface area contributed by atoms with E-state index in [-0.39, 0.29) is 6.04 Å². The Morgan fingerprint density at radius 2 is 2.17 bits per heavy atom. The lowest BCUT2D eigenvalue weighted by molar-refractivity contribution is 0.464. The van der Waals surface area contributed by atoms with Crippen LogP contribution in [0.25, 0.3) is 0 Å². The first kappa shape index (κ1) is 14.0. The molecule has 2 rings (SSSR count). The number of benzene rings is 1. The van der Waals surface area contributed by atoms with Crippen LogP contribution in [0.3, 0.4) is 0 Å². The molecule has 0 spiro atoms. The number of aryl methyl sites for hydroxylation is 1. The van der Waals surface area contributed by atoms with E-state index in [0.29, 0.717) is 18.0 Å². The standard InChI is InChI=1S/C12H17BrN2O2S/c1-9-3-4-10(13)7-12(9)18(16,17)15-6-5-11(8-15)14-2/h3-4,7,11,14H,5-6,8H2,1-2H3. The maximum Gasteiger partial charge on any atom is 0.243 e. The highest BCUT2D eigenvalue weighted by molar-refractivity contribution is 9.10. The molecule has 1 aliphatic rings. The van der Waals surface area contributed by atoms with Gasteiger partial charge in [0.05, 0.1) is 4.90 Å². The summed E-state index contributed by atoms with van der Waals surface area (Å²) in [7, 11) is -1.51. The zero-order valence-electron chi connectivity index (χ0n) is 10.5. The Kier molecular flexibility index (Phi) is 4.11. The van der Waals surface area contributed by atoms with Crippen molar-refractivity contribution in [1.82, 2.24) is 9.62 Å². The van der Waals surface area contributed by atoms with Gasteiger partial charge in [0.15, 0.2) is 0 Å². The molecule has 6 heteroatoms. The summed E-state index contributed by atoms with van der Waals surface area (Å²) in [5.74, 6) is 0. The second kappa shape index (κ2) is 5.28. The van der Waals surface area contributed by atoms with Gasteiger partial charge in [-0.15, -0.1) is 0 Å². The van der Waals surface area contributed by atoms with Crippen LogP contribution >= 0.6 is 15.9 Å². The van der Waals surface area contributed by atoms with E-state index in [4.69, 9.17) is 0 Å². The summed E-state index contributed by atoms with van der Waals surface area (Å²) >= 11 is 3.33. The molecule has 0 radical (unpaired) electrons. The summed E-state index contributed by atoms with van der Waals surface area (Å²) in [4.78, 5) is 0.397. The van der Waals surface area contributed by atoms with Crippen LogP contribution in [0.5, 0.6) is 0 Å². The van der Waals surface area contributed by atoms with Crippen molar-refractivity contribution in [2.24, 2.45) is 0 Å². The minimum Gasteiger partial charge on any atom is -0.316 e. The Morgan fingerprint density at radius 3 is 2.78 bits per heavy atom. The number of nitrogens with zero attached hydrogens (tertiary/aromatic N) is 1. The molecule has 4 nitrogen and oxygen atoms in total. The molecule has 1 saturated heterocycles. The van der Waals surface area contributed by atoms with E-state index >= 15 is 0 Å². The van der Waals surface area contributed by atoms with Crippen molar-refractivity contribution >= 4 is 26.0 Å². The van der Waals surface area contributed by atoms with Gasteiger partial charge in [0.2, 0.25) is 10.0 Å². The predicted octanol–water partition coefficient (Wildman–Crippen LogP) is 1.74. The molecule has 1 N–H and O–H groups in total. The van der Waals surface area contributed by atoms with E-state index < -0.39 is 10.0 Å². The molecule has 0 aliphatic carbocycles. The summed E-state index contributed by atoms with van der Waals surface area (Å²) in [6, 6.07) is 5.61. The number of halogens is 1. The van der Waals surface area contributed by atoms with Crippen molar-refractivity contribution in [2.45, 2.75) is 24.3 Å². The fraction of sp³-hybridized carbons (Fsp3) is 0.500. The van der Waals surface area contributed by atoms with Crippen LogP contribution in [0, 0.1) is 6.92 Å². The maximum absolute atomic E-state index is 12.5. The number of likely N-dealkylation sites (N-methyl/N-ethyl adjacent to an activating group) is 1. The number of sulfonamides is 1. The second-order valence-corrected chi connectivity index (χ2v) is 7.37. The zero-order chi connectivity index (χ0) is 13.3. The third-order valence-corrected chi connectivity index (χ3v) is 5.83. The number of hydrogen-bond donors (Lipinski definition) is 1. The average Bonchev–Trinajstić information content (AvgIpc) is 2.81. The second-order valence-electron chi connectivity index (χ2n) is 4.55. The van der Waals surface area contributed by atoms with Gasteiger partial charge in [0.1, 0.15) is 0 Å². The Bertz CT molecular complexity index is 545. The molecule has 0 aromatic heterocycles. The first-order valence-electron chi connectivity index (χ1n) is 5.88. The van der Waals surface area contributed by atoms with Crippen LogP contribution in [0.2, 0.25) is 0 Å². The lowest BCUT2D eigenvalue weighted by Crippen LogP contribution is -2.33. The summed E-state index contributed by atoms with van der Waals surface area (Å²) in [5, 5.41) is 3.13. The van der Waals surface area contributed by atoms with Gasteiger partial charge in [-0.1, -0.05) is 22.0 Å². The first-order valence-corrected chi connectivity index (χ1v) is 8.12. The van der Waals surface area contributed by atoms with Crippen LogP contribution in [-0.2, 0) is 10.0 Å². The van der Waals surface area contributed by atoms with Crippen molar-refractivity contribution < 1.29 is 8.42 Å². The quantitative estimate of drug-likeness (QED) is 0.917. The van der Waals surface area contributed by atoms with Gasteiger partial charge < -0.3 is 5.32 Å². The normalized spacial score (nSPS) is 21.4. The molecule has 100 valence electrons. The summed E-state index contributed by atoms with van der Waals surface area (Å²) in [6.07, 6.45) is 0.864. The zero-order valence-corrected chi connectivity index (χ0v) is 12.9. The van der Waals surface area contributed by atoms with E-state index in [9.17, 15) is 8.42 Å². The summed E-state index contributed by atoms with van der Waals surface area (Å²) in [6.45, 7) is 2.95. The van der Waals surface area contributed by atoms with Crippen LogP contribution < -0.4 is 5.32 Å². The van der Waals surface area contributed by atoms with E-state index in [1.54, 1.807) is 10.4 Å². The predicted molar refractivity (Wildman–Crippen MR) is 75.1 cm³/mol. The molecule has 1 atom stereocenters. The van der Waals surface area contributed by atoms with Crippen LogP contribution in [0.1, 0.15) is 12.0 Å². The minimum atomic E-state index is -3.37. The lowest BCUT2D eigenvalue weighted by Gasteiger charge is -2.18. The molecule has 1 fully saturated rings. The smallest absolute Gasteiger partial charge is 0.243 e. The monoisotopic (exact) mass is 332 g/mol. The molecular weight excluding hydrogens is 316 g/mol. The fourth-order valence-corrected chi connectivity index (χ4v) is 4.44. The Hall–Kier alpha value is -0.430. The number of rotatable bonds is 3. The highest BCUT2D eigenvalue weighted by Crippen LogP contribution is 2.26.